The third-order valence-electron chi connectivity index (χ3n) is 4.02. The summed E-state index contributed by atoms with van der Waals surface area (Å²) in [5.41, 5.74) is 3.15. The van der Waals surface area contributed by atoms with Gasteiger partial charge in [-0.25, -0.2) is 4.68 Å². The van der Waals surface area contributed by atoms with Gasteiger partial charge >= 0.3 is 0 Å². The highest BCUT2D eigenvalue weighted by atomic mass is 16.3. The summed E-state index contributed by atoms with van der Waals surface area (Å²) in [5, 5.41) is 13.7. The Hall–Kier alpha value is -2.99. The predicted octanol–water partition coefficient (Wildman–Crippen LogP) is 2.21. The minimum atomic E-state index is -0.143. The Balaban J connectivity index is 1.86. The van der Waals surface area contributed by atoms with Crippen LogP contribution in [-0.2, 0) is 6.54 Å². The lowest BCUT2D eigenvalue weighted by Crippen LogP contribution is -2.33. The van der Waals surface area contributed by atoms with Crippen LogP contribution in [0.4, 0.5) is 0 Å². The third-order valence-corrected chi connectivity index (χ3v) is 4.02. The van der Waals surface area contributed by atoms with E-state index in [4.69, 9.17) is 0 Å². The zero-order chi connectivity index (χ0) is 17.6. The average molecular weight is 336 g/mol. The van der Waals surface area contributed by atoms with E-state index in [0.29, 0.717) is 12.1 Å². The second kappa shape index (κ2) is 7.72. The smallest absolute Gasteiger partial charge is 0.257 e. The molecule has 6 heteroatoms. The van der Waals surface area contributed by atoms with E-state index >= 15 is 0 Å². The van der Waals surface area contributed by atoms with E-state index in [2.05, 4.69) is 10.1 Å². The first kappa shape index (κ1) is 16.9. The van der Waals surface area contributed by atoms with Crippen molar-refractivity contribution in [2.45, 2.75) is 13.5 Å². The maximum atomic E-state index is 13.0. The number of aliphatic hydroxyl groups is 1. The molecule has 0 atom stereocenters. The van der Waals surface area contributed by atoms with Crippen LogP contribution in [0.15, 0.2) is 61.1 Å². The molecule has 0 saturated carbocycles. The number of nitrogens with zero attached hydrogens (tertiary/aromatic N) is 4. The summed E-state index contributed by atoms with van der Waals surface area (Å²) in [6.45, 7) is 2.49. The molecule has 0 aliphatic carbocycles. The fourth-order valence-electron chi connectivity index (χ4n) is 2.71. The van der Waals surface area contributed by atoms with Crippen LogP contribution in [0, 0.1) is 6.92 Å². The molecule has 0 saturated heterocycles. The SMILES string of the molecule is Cc1c(C(=O)N(CCO)Cc2ccccc2)cnn1-c1ccncc1. The van der Waals surface area contributed by atoms with Crippen molar-refractivity contribution < 1.29 is 9.90 Å². The first-order chi connectivity index (χ1) is 12.2. The second-order valence-corrected chi connectivity index (χ2v) is 5.70. The molecular formula is C19H20N4O2. The lowest BCUT2D eigenvalue weighted by molar-refractivity contribution is 0.0707. The highest BCUT2D eigenvalue weighted by molar-refractivity contribution is 5.95. The van der Waals surface area contributed by atoms with Gasteiger partial charge in [0.2, 0.25) is 0 Å². The average Bonchev–Trinajstić information content (AvgIpc) is 3.04. The van der Waals surface area contributed by atoms with Gasteiger partial charge in [-0.1, -0.05) is 30.3 Å². The van der Waals surface area contributed by atoms with Gasteiger partial charge in [0.05, 0.1) is 29.7 Å². The number of pyridine rings is 1. The molecule has 0 bridgehead atoms. The van der Waals surface area contributed by atoms with E-state index in [9.17, 15) is 9.90 Å². The number of carbonyl (C=O) groups excluding carboxylic acids is 1. The molecular weight excluding hydrogens is 316 g/mol. The first-order valence-electron chi connectivity index (χ1n) is 8.10. The number of hydrogen-bond acceptors (Lipinski definition) is 4. The Labute approximate surface area is 146 Å². The third kappa shape index (κ3) is 3.75. The molecule has 2 heterocycles. The Morgan fingerprint density at radius 2 is 1.88 bits per heavy atom. The van der Waals surface area contributed by atoms with Gasteiger partial charge in [-0.15, -0.1) is 0 Å². The molecule has 1 N–H and O–H groups in total. The van der Waals surface area contributed by atoms with Crippen LogP contribution in [0.1, 0.15) is 21.6 Å². The van der Waals surface area contributed by atoms with Crippen molar-refractivity contribution in [3.8, 4) is 5.69 Å². The Morgan fingerprint density at radius 3 is 2.56 bits per heavy atom. The number of aliphatic hydroxyl groups excluding tert-OH is 1. The van der Waals surface area contributed by atoms with Crippen LogP contribution in [0.25, 0.3) is 5.69 Å². The van der Waals surface area contributed by atoms with Crippen LogP contribution in [0.5, 0.6) is 0 Å². The van der Waals surface area contributed by atoms with Crippen LogP contribution in [0.2, 0.25) is 0 Å². The van der Waals surface area contributed by atoms with Crippen LogP contribution < -0.4 is 0 Å². The number of hydrogen-bond donors (Lipinski definition) is 1. The summed E-state index contributed by atoms with van der Waals surface area (Å²) in [6.07, 6.45) is 4.95. The number of aromatic nitrogens is 3. The lowest BCUT2D eigenvalue weighted by Gasteiger charge is -2.21. The molecule has 3 rings (SSSR count). The Kier molecular flexibility index (Phi) is 5.20. The van der Waals surface area contributed by atoms with Gasteiger partial charge < -0.3 is 10.0 Å². The van der Waals surface area contributed by atoms with Crippen molar-refractivity contribution in [3.63, 3.8) is 0 Å². The topological polar surface area (TPSA) is 71.2 Å². The van der Waals surface area contributed by atoms with Gasteiger partial charge in [0.25, 0.3) is 5.91 Å². The number of rotatable bonds is 6. The van der Waals surface area contributed by atoms with Crippen molar-refractivity contribution in [1.29, 1.82) is 0 Å². The summed E-state index contributed by atoms with van der Waals surface area (Å²) in [7, 11) is 0. The van der Waals surface area contributed by atoms with E-state index in [1.54, 1.807) is 28.2 Å². The molecule has 25 heavy (non-hydrogen) atoms. The molecule has 0 aliphatic heterocycles. The molecule has 0 spiro atoms. The molecule has 1 amide bonds. The van der Waals surface area contributed by atoms with Gasteiger partial charge in [0.15, 0.2) is 0 Å². The molecule has 0 aliphatic rings. The van der Waals surface area contributed by atoms with Crippen molar-refractivity contribution >= 4 is 5.91 Å². The predicted molar refractivity (Wildman–Crippen MR) is 94.4 cm³/mol. The van der Waals surface area contributed by atoms with Gasteiger partial charge in [0, 0.05) is 25.5 Å². The molecule has 6 nitrogen and oxygen atoms in total. The Morgan fingerprint density at radius 1 is 1.16 bits per heavy atom. The van der Waals surface area contributed by atoms with Gasteiger partial charge in [-0.3, -0.25) is 9.78 Å². The standard InChI is InChI=1S/C19H20N4O2/c1-15-18(13-21-23(15)17-7-9-20-10-8-17)19(25)22(11-12-24)14-16-5-3-2-4-6-16/h2-10,13,24H,11-12,14H2,1H3. The fourth-order valence-corrected chi connectivity index (χ4v) is 2.71. The summed E-state index contributed by atoms with van der Waals surface area (Å²) in [6, 6.07) is 13.4. The minimum absolute atomic E-state index is 0.0872. The van der Waals surface area contributed by atoms with Crippen molar-refractivity contribution in [3.05, 3.63) is 77.9 Å². The van der Waals surface area contributed by atoms with E-state index < -0.39 is 0 Å². The summed E-state index contributed by atoms with van der Waals surface area (Å²) >= 11 is 0. The largest absolute Gasteiger partial charge is 0.395 e. The summed E-state index contributed by atoms with van der Waals surface area (Å²) in [4.78, 5) is 18.6. The minimum Gasteiger partial charge on any atom is -0.395 e. The number of carbonyl (C=O) groups is 1. The quantitative estimate of drug-likeness (QED) is 0.749. The van der Waals surface area contributed by atoms with Crippen molar-refractivity contribution in [2.75, 3.05) is 13.2 Å². The maximum absolute atomic E-state index is 13.0. The highest BCUT2D eigenvalue weighted by Crippen LogP contribution is 2.16. The van der Waals surface area contributed by atoms with E-state index in [-0.39, 0.29) is 19.1 Å². The molecule has 0 fully saturated rings. The molecule has 0 unspecified atom stereocenters. The van der Waals surface area contributed by atoms with E-state index in [0.717, 1.165) is 16.9 Å². The second-order valence-electron chi connectivity index (χ2n) is 5.70. The van der Waals surface area contributed by atoms with Crippen molar-refractivity contribution in [2.24, 2.45) is 0 Å². The van der Waals surface area contributed by atoms with Gasteiger partial charge in [0.1, 0.15) is 0 Å². The summed E-state index contributed by atoms with van der Waals surface area (Å²) < 4.78 is 1.72. The Bertz CT molecular complexity index is 831. The number of benzene rings is 1. The van der Waals surface area contributed by atoms with Crippen LogP contribution in [0.3, 0.4) is 0 Å². The molecule has 2 aromatic heterocycles. The van der Waals surface area contributed by atoms with Crippen molar-refractivity contribution in [1.82, 2.24) is 19.7 Å². The van der Waals surface area contributed by atoms with Gasteiger partial charge in [-0.05, 0) is 24.6 Å². The zero-order valence-electron chi connectivity index (χ0n) is 14.0. The fraction of sp³-hybridized carbons (Fsp3) is 0.211. The highest BCUT2D eigenvalue weighted by Gasteiger charge is 2.21. The molecule has 3 aromatic rings. The normalized spacial score (nSPS) is 10.6. The zero-order valence-corrected chi connectivity index (χ0v) is 14.0. The molecule has 128 valence electrons. The van der Waals surface area contributed by atoms with Crippen LogP contribution >= 0.6 is 0 Å². The first-order valence-corrected chi connectivity index (χ1v) is 8.10. The summed E-state index contributed by atoms with van der Waals surface area (Å²) in [5.74, 6) is -0.143. The maximum Gasteiger partial charge on any atom is 0.257 e. The number of amides is 1. The monoisotopic (exact) mass is 336 g/mol. The molecule has 1 aromatic carbocycles. The van der Waals surface area contributed by atoms with Gasteiger partial charge in [-0.2, -0.15) is 5.10 Å². The van der Waals surface area contributed by atoms with Crippen LogP contribution in [-0.4, -0.2) is 43.8 Å². The lowest BCUT2D eigenvalue weighted by atomic mass is 10.1. The van der Waals surface area contributed by atoms with E-state index in [1.165, 1.54) is 0 Å². The molecule has 0 radical (unpaired) electrons. The van der Waals surface area contributed by atoms with E-state index in [1.807, 2.05) is 49.4 Å².